The van der Waals surface area contributed by atoms with Gasteiger partial charge in [0.05, 0.1) is 0 Å². The highest BCUT2D eigenvalue weighted by molar-refractivity contribution is 5.67. The number of halogens is 2. The molecule has 206 valence electrons. The van der Waals surface area contributed by atoms with Crippen LogP contribution in [0, 0.1) is 41.2 Å². The summed E-state index contributed by atoms with van der Waals surface area (Å²) in [6.07, 6.45) is 28.8. The lowest BCUT2D eigenvalue weighted by atomic mass is 9.70. The van der Waals surface area contributed by atoms with Crippen molar-refractivity contribution in [2.24, 2.45) is 29.6 Å². The molecular weight excluding hydrogens is 458 g/mol. The molecule has 2 heteroatoms. The molecule has 0 radical (unpaired) electrons. The van der Waals surface area contributed by atoms with Crippen LogP contribution in [0.15, 0.2) is 30.4 Å². The van der Waals surface area contributed by atoms with Crippen LogP contribution < -0.4 is 0 Å². The number of allylic oxidation sites excluding steroid dienone is 4. The average molecular weight is 511 g/mol. The van der Waals surface area contributed by atoms with E-state index in [-0.39, 0.29) is 0 Å². The quantitative estimate of drug-likeness (QED) is 0.205. The molecule has 3 aliphatic carbocycles. The van der Waals surface area contributed by atoms with Crippen molar-refractivity contribution in [2.75, 3.05) is 0 Å². The lowest BCUT2D eigenvalue weighted by Gasteiger charge is -2.35. The first-order chi connectivity index (χ1) is 18.1. The van der Waals surface area contributed by atoms with Crippen molar-refractivity contribution in [3.8, 4) is 0 Å². The van der Waals surface area contributed by atoms with E-state index in [4.69, 9.17) is 0 Å². The number of aryl methyl sites for hydroxylation is 1. The van der Waals surface area contributed by atoms with Gasteiger partial charge in [0.2, 0.25) is 0 Å². The molecule has 2 fully saturated rings. The normalized spacial score (nSPS) is 29.0. The Balaban J connectivity index is 1.23. The SMILES string of the molecule is CCCCCC1CCC(/C=C/CCc2ccc(C3=CCC(C4CCC(CC)CC4)CC3)c(F)c2F)CC1. The minimum absolute atomic E-state index is 0.501. The summed E-state index contributed by atoms with van der Waals surface area (Å²) in [5.74, 6) is 2.84. The van der Waals surface area contributed by atoms with Crippen LogP contribution in [0.4, 0.5) is 8.78 Å². The van der Waals surface area contributed by atoms with Crippen molar-refractivity contribution < 1.29 is 8.78 Å². The van der Waals surface area contributed by atoms with E-state index >= 15 is 4.39 Å². The van der Waals surface area contributed by atoms with Crippen LogP contribution in [0.5, 0.6) is 0 Å². The van der Waals surface area contributed by atoms with Gasteiger partial charge in [0.15, 0.2) is 11.6 Å². The summed E-state index contributed by atoms with van der Waals surface area (Å²) >= 11 is 0. The van der Waals surface area contributed by atoms with Gasteiger partial charge in [0.25, 0.3) is 0 Å². The van der Waals surface area contributed by atoms with Crippen molar-refractivity contribution in [1.82, 2.24) is 0 Å². The first-order valence-electron chi connectivity index (χ1n) is 15.9. The molecule has 2 saturated carbocycles. The van der Waals surface area contributed by atoms with Gasteiger partial charge in [-0.15, -0.1) is 0 Å². The number of hydrogen-bond acceptors (Lipinski definition) is 0. The highest BCUT2D eigenvalue weighted by Crippen LogP contribution is 2.42. The summed E-state index contributed by atoms with van der Waals surface area (Å²) in [5, 5.41) is 0. The summed E-state index contributed by atoms with van der Waals surface area (Å²) < 4.78 is 30.1. The van der Waals surface area contributed by atoms with Crippen LogP contribution >= 0.6 is 0 Å². The monoisotopic (exact) mass is 510 g/mol. The second kappa shape index (κ2) is 14.6. The third kappa shape index (κ3) is 8.03. The van der Waals surface area contributed by atoms with Gasteiger partial charge in [-0.3, -0.25) is 0 Å². The Hall–Kier alpha value is -1.44. The summed E-state index contributed by atoms with van der Waals surface area (Å²) in [6, 6.07) is 3.68. The van der Waals surface area contributed by atoms with Gasteiger partial charge in [0.1, 0.15) is 0 Å². The van der Waals surface area contributed by atoms with Crippen molar-refractivity contribution in [3.05, 3.63) is 53.1 Å². The number of unbranched alkanes of at least 4 members (excludes halogenated alkanes) is 2. The Morgan fingerprint density at radius 3 is 2.24 bits per heavy atom. The van der Waals surface area contributed by atoms with Crippen molar-refractivity contribution in [2.45, 2.75) is 129 Å². The highest BCUT2D eigenvalue weighted by atomic mass is 19.2. The summed E-state index contributed by atoms with van der Waals surface area (Å²) in [6.45, 7) is 4.59. The highest BCUT2D eigenvalue weighted by Gasteiger charge is 2.29. The maximum atomic E-state index is 15.1. The van der Waals surface area contributed by atoms with Crippen LogP contribution in [-0.2, 0) is 6.42 Å². The Morgan fingerprint density at radius 2 is 1.57 bits per heavy atom. The molecule has 0 bridgehead atoms. The van der Waals surface area contributed by atoms with E-state index in [0.717, 1.165) is 54.9 Å². The fourth-order valence-corrected chi connectivity index (χ4v) is 7.51. The average Bonchev–Trinajstić information content (AvgIpc) is 2.94. The summed E-state index contributed by atoms with van der Waals surface area (Å²) in [4.78, 5) is 0. The molecule has 1 atom stereocenters. The molecule has 0 aliphatic heterocycles. The van der Waals surface area contributed by atoms with Gasteiger partial charge in [-0.2, -0.15) is 0 Å². The Bertz CT molecular complexity index is 881. The predicted octanol–water partition coefficient (Wildman–Crippen LogP) is 11.2. The van der Waals surface area contributed by atoms with Gasteiger partial charge >= 0.3 is 0 Å². The smallest absolute Gasteiger partial charge is 0.166 e. The first kappa shape index (κ1) is 28.6. The molecule has 1 unspecified atom stereocenters. The largest absolute Gasteiger partial charge is 0.203 e. The van der Waals surface area contributed by atoms with E-state index in [9.17, 15) is 4.39 Å². The van der Waals surface area contributed by atoms with Crippen molar-refractivity contribution in [1.29, 1.82) is 0 Å². The van der Waals surface area contributed by atoms with Gasteiger partial charge < -0.3 is 0 Å². The molecule has 0 spiro atoms. The van der Waals surface area contributed by atoms with Crippen LogP contribution in [0.25, 0.3) is 5.57 Å². The molecule has 1 aromatic rings. The zero-order valence-corrected chi connectivity index (χ0v) is 23.8. The first-order valence-corrected chi connectivity index (χ1v) is 15.9. The second-order valence-corrected chi connectivity index (χ2v) is 12.6. The Morgan fingerprint density at radius 1 is 0.811 bits per heavy atom. The zero-order chi connectivity index (χ0) is 26.0. The standard InChI is InChI=1S/C35H52F2/c1-3-5-6-9-27-12-14-28(15-13-27)10-7-8-11-32-24-25-33(35(37)34(32)36)31-22-20-30(21-23-31)29-18-16-26(4-2)17-19-29/h7,10,22,24-30H,3-6,8-9,11-21,23H2,1-2H3/b10-7+. The zero-order valence-electron chi connectivity index (χ0n) is 23.8. The lowest BCUT2D eigenvalue weighted by molar-refractivity contribution is 0.192. The van der Waals surface area contributed by atoms with Crippen LogP contribution in [0.2, 0.25) is 0 Å². The fraction of sp³-hybridized carbons (Fsp3) is 0.714. The minimum atomic E-state index is -0.629. The third-order valence-corrected chi connectivity index (χ3v) is 10.2. The van der Waals surface area contributed by atoms with Gasteiger partial charge in [-0.05, 0) is 111 Å². The number of hydrogen-bond donors (Lipinski definition) is 0. The van der Waals surface area contributed by atoms with Crippen molar-refractivity contribution >= 4 is 5.57 Å². The molecule has 0 heterocycles. The van der Waals surface area contributed by atoms with E-state index in [0.29, 0.717) is 23.5 Å². The maximum absolute atomic E-state index is 15.1. The topological polar surface area (TPSA) is 0 Å². The van der Waals surface area contributed by atoms with Gasteiger partial charge in [-0.25, -0.2) is 8.78 Å². The molecule has 3 aliphatic rings. The molecule has 0 aromatic heterocycles. The summed E-state index contributed by atoms with van der Waals surface area (Å²) in [7, 11) is 0. The second-order valence-electron chi connectivity index (χ2n) is 12.6. The summed E-state index contributed by atoms with van der Waals surface area (Å²) in [5.41, 5.74) is 2.04. The molecular formula is C35H52F2. The molecule has 1 aromatic carbocycles. The molecule has 0 amide bonds. The van der Waals surface area contributed by atoms with Crippen molar-refractivity contribution in [3.63, 3.8) is 0 Å². The molecule has 0 nitrogen and oxygen atoms in total. The Labute approximate surface area is 226 Å². The Kier molecular flexibility index (Phi) is 11.3. The minimum Gasteiger partial charge on any atom is -0.203 e. The van der Waals surface area contributed by atoms with E-state index in [1.807, 2.05) is 12.1 Å². The van der Waals surface area contributed by atoms with E-state index in [1.165, 1.54) is 83.5 Å². The van der Waals surface area contributed by atoms with Gasteiger partial charge in [0, 0.05) is 5.56 Å². The van der Waals surface area contributed by atoms with Crippen LogP contribution in [0.1, 0.15) is 134 Å². The van der Waals surface area contributed by atoms with Crippen LogP contribution in [0.3, 0.4) is 0 Å². The van der Waals surface area contributed by atoms with E-state index in [1.54, 1.807) is 0 Å². The van der Waals surface area contributed by atoms with E-state index < -0.39 is 11.6 Å². The third-order valence-electron chi connectivity index (χ3n) is 10.2. The predicted molar refractivity (Wildman–Crippen MR) is 154 cm³/mol. The van der Waals surface area contributed by atoms with Crippen LogP contribution in [-0.4, -0.2) is 0 Å². The molecule has 0 saturated heterocycles. The maximum Gasteiger partial charge on any atom is 0.166 e. The van der Waals surface area contributed by atoms with Gasteiger partial charge in [-0.1, -0.05) is 89.2 Å². The fourth-order valence-electron chi connectivity index (χ4n) is 7.51. The molecule has 0 N–H and O–H groups in total. The molecule has 37 heavy (non-hydrogen) atoms. The molecule has 4 rings (SSSR count). The number of benzene rings is 1. The number of rotatable bonds is 11. The van der Waals surface area contributed by atoms with E-state index in [2.05, 4.69) is 32.1 Å². The lowest BCUT2D eigenvalue weighted by Crippen LogP contribution is -2.23.